The molecule has 0 spiro atoms. The minimum atomic E-state index is 0.487. The summed E-state index contributed by atoms with van der Waals surface area (Å²) in [5.41, 5.74) is 1.07. The Hall–Kier alpha value is -2.10. The lowest BCUT2D eigenvalue weighted by molar-refractivity contribution is 0.457. The van der Waals surface area contributed by atoms with E-state index in [9.17, 15) is 0 Å². The van der Waals surface area contributed by atoms with Crippen molar-refractivity contribution in [3.8, 4) is 11.6 Å². The molecule has 0 bridgehead atoms. The third-order valence-corrected chi connectivity index (χ3v) is 2.18. The molecule has 1 N–H and O–H groups in total. The highest BCUT2D eigenvalue weighted by Crippen LogP contribution is 2.22. The van der Waals surface area contributed by atoms with Crippen LogP contribution in [0.1, 0.15) is 5.56 Å². The van der Waals surface area contributed by atoms with Crippen molar-refractivity contribution in [2.45, 2.75) is 6.92 Å². The van der Waals surface area contributed by atoms with Crippen molar-refractivity contribution in [1.82, 2.24) is 9.97 Å². The predicted octanol–water partition coefficient (Wildman–Crippen LogP) is 2.62. The topological polar surface area (TPSA) is 47.0 Å². The van der Waals surface area contributed by atoms with Crippen LogP contribution in [0.4, 0.5) is 5.82 Å². The van der Waals surface area contributed by atoms with Gasteiger partial charge in [-0.1, -0.05) is 18.2 Å². The number of anilines is 1. The largest absolute Gasteiger partial charge is 0.437 e. The summed E-state index contributed by atoms with van der Waals surface area (Å²) >= 11 is 0. The Kier molecular flexibility index (Phi) is 3.00. The number of ether oxygens (including phenoxy) is 1. The van der Waals surface area contributed by atoms with Crippen molar-refractivity contribution in [2.75, 3.05) is 12.4 Å². The molecule has 1 aromatic carbocycles. The van der Waals surface area contributed by atoms with Gasteiger partial charge in [0.15, 0.2) is 0 Å². The molecule has 2 aromatic rings. The Morgan fingerprint density at radius 3 is 2.75 bits per heavy atom. The van der Waals surface area contributed by atoms with E-state index < -0.39 is 0 Å². The molecule has 0 fully saturated rings. The van der Waals surface area contributed by atoms with Gasteiger partial charge < -0.3 is 10.1 Å². The van der Waals surface area contributed by atoms with Gasteiger partial charge in [-0.05, 0) is 18.6 Å². The Bertz CT molecular complexity index is 485. The number of aromatic nitrogens is 2. The number of para-hydroxylation sites is 1. The van der Waals surface area contributed by atoms with Gasteiger partial charge in [0.05, 0.1) is 12.4 Å². The van der Waals surface area contributed by atoms with Gasteiger partial charge in [0, 0.05) is 7.05 Å². The average molecular weight is 215 g/mol. The van der Waals surface area contributed by atoms with Crippen LogP contribution in [0.5, 0.6) is 11.6 Å². The molecular formula is C12H13N3O. The van der Waals surface area contributed by atoms with Crippen LogP contribution >= 0.6 is 0 Å². The van der Waals surface area contributed by atoms with E-state index in [0.717, 1.165) is 11.3 Å². The zero-order valence-electron chi connectivity index (χ0n) is 9.27. The Morgan fingerprint density at radius 2 is 2.00 bits per heavy atom. The van der Waals surface area contributed by atoms with E-state index in [1.165, 1.54) is 0 Å². The summed E-state index contributed by atoms with van der Waals surface area (Å²) in [4.78, 5) is 8.26. The van der Waals surface area contributed by atoms with Crippen LogP contribution in [0, 0.1) is 6.92 Å². The summed E-state index contributed by atoms with van der Waals surface area (Å²) in [5.74, 6) is 1.97. The fourth-order valence-electron chi connectivity index (χ4n) is 1.30. The molecule has 4 nitrogen and oxygen atoms in total. The van der Waals surface area contributed by atoms with Crippen molar-refractivity contribution in [3.63, 3.8) is 0 Å². The van der Waals surface area contributed by atoms with E-state index in [1.807, 2.05) is 31.2 Å². The number of aryl methyl sites for hydroxylation is 1. The molecule has 2 rings (SSSR count). The molecule has 4 heteroatoms. The second-order valence-corrected chi connectivity index (χ2v) is 3.36. The van der Waals surface area contributed by atoms with Crippen molar-refractivity contribution >= 4 is 5.82 Å². The van der Waals surface area contributed by atoms with Gasteiger partial charge in [0.1, 0.15) is 11.6 Å². The summed E-state index contributed by atoms with van der Waals surface area (Å²) in [6, 6.07) is 7.79. The molecule has 1 aromatic heterocycles. The van der Waals surface area contributed by atoms with Gasteiger partial charge in [0.25, 0.3) is 0 Å². The van der Waals surface area contributed by atoms with E-state index in [1.54, 1.807) is 19.4 Å². The number of hydrogen-bond acceptors (Lipinski definition) is 4. The molecule has 16 heavy (non-hydrogen) atoms. The predicted molar refractivity (Wildman–Crippen MR) is 62.8 cm³/mol. The number of nitrogens with one attached hydrogen (secondary N) is 1. The van der Waals surface area contributed by atoms with Crippen LogP contribution in [-0.4, -0.2) is 17.0 Å². The van der Waals surface area contributed by atoms with Crippen molar-refractivity contribution in [3.05, 3.63) is 42.2 Å². The van der Waals surface area contributed by atoms with Gasteiger partial charge >= 0.3 is 0 Å². The Morgan fingerprint density at radius 1 is 1.19 bits per heavy atom. The molecule has 82 valence electrons. The second kappa shape index (κ2) is 4.61. The first-order chi connectivity index (χ1) is 7.79. The number of hydrogen-bond donors (Lipinski definition) is 1. The van der Waals surface area contributed by atoms with Crippen LogP contribution in [0.15, 0.2) is 36.7 Å². The number of rotatable bonds is 3. The van der Waals surface area contributed by atoms with E-state index in [2.05, 4.69) is 15.3 Å². The highest BCUT2D eigenvalue weighted by molar-refractivity contribution is 5.37. The van der Waals surface area contributed by atoms with E-state index in [4.69, 9.17) is 4.74 Å². The molecule has 0 saturated heterocycles. The van der Waals surface area contributed by atoms with Gasteiger partial charge in [-0.25, -0.2) is 0 Å². The van der Waals surface area contributed by atoms with Crippen molar-refractivity contribution in [1.29, 1.82) is 0 Å². The van der Waals surface area contributed by atoms with Crippen molar-refractivity contribution < 1.29 is 4.74 Å². The normalized spacial score (nSPS) is 9.88. The van der Waals surface area contributed by atoms with Crippen LogP contribution in [0.3, 0.4) is 0 Å². The number of benzene rings is 1. The first-order valence-corrected chi connectivity index (χ1v) is 5.03. The molecular weight excluding hydrogens is 202 g/mol. The van der Waals surface area contributed by atoms with Gasteiger partial charge in [0.2, 0.25) is 5.88 Å². The fraction of sp³-hybridized carbons (Fsp3) is 0.167. The van der Waals surface area contributed by atoms with E-state index in [-0.39, 0.29) is 0 Å². The minimum Gasteiger partial charge on any atom is -0.437 e. The van der Waals surface area contributed by atoms with Crippen LogP contribution in [-0.2, 0) is 0 Å². The lowest BCUT2D eigenvalue weighted by Crippen LogP contribution is -1.96. The maximum atomic E-state index is 5.64. The van der Waals surface area contributed by atoms with Gasteiger partial charge in [-0.3, -0.25) is 4.98 Å². The third kappa shape index (κ3) is 2.28. The maximum absolute atomic E-state index is 5.64. The Labute approximate surface area is 94.3 Å². The Balaban J connectivity index is 2.24. The molecule has 0 radical (unpaired) electrons. The highest BCUT2D eigenvalue weighted by atomic mass is 16.5. The quantitative estimate of drug-likeness (QED) is 0.855. The first-order valence-electron chi connectivity index (χ1n) is 5.03. The maximum Gasteiger partial charge on any atom is 0.239 e. The third-order valence-electron chi connectivity index (χ3n) is 2.18. The molecule has 1 heterocycles. The molecule has 0 aliphatic rings. The van der Waals surface area contributed by atoms with E-state index in [0.29, 0.717) is 11.7 Å². The van der Waals surface area contributed by atoms with E-state index >= 15 is 0 Å². The van der Waals surface area contributed by atoms with Crippen molar-refractivity contribution in [2.24, 2.45) is 0 Å². The summed E-state index contributed by atoms with van der Waals surface area (Å²) in [6.07, 6.45) is 3.23. The lowest BCUT2D eigenvalue weighted by Gasteiger charge is -2.07. The zero-order chi connectivity index (χ0) is 11.4. The van der Waals surface area contributed by atoms with Gasteiger partial charge in [-0.15, -0.1) is 0 Å². The molecule has 0 unspecified atom stereocenters. The lowest BCUT2D eigenvalue weighted by atomic mass is 10.2. The molecule has 0 aliphatic heterocycles. The smallest absolute Gasteiger partial charge is 0.239 e. The van der Waals surface area contributed by atoms with Crippen LogP contribution < -0.4 is 10.1 Å². The average Bonchev–Trinajstić information content (AvgIpc) is 2.32. The first kappa shape index (κ1) is 10.4. The van der Waals surface area contributed by atoms with Crippen LogP contribution in [0.2, 0.25) is 0 Å². The molecule has 0 amide bonds. The molecule has 0 saturated carbocycles. The summed E-state index contributed by atoms with van der Waals surface area (Å²) in [7, 11) is 1.79. The van der Waals surface area contributed by atoms with Crippen LogP contribution in [0.25, 0.3) is 0 Å². The second-order valence-electron chi connectivity index (χ2n) is 3.36. The minimum absolute atomic E-state index is 0.487. The standard InChI is InChI=1S/C12H13N3O/c1-9-5-3-4-6-10(9)16-12-8-14-7-11(13-2)15-12/h3-8H,1-2H3,(H,13,15). The molecule has 0 atom stereocenters. The summed E-state index contributed by atoms with van der Waals surface area (Å²) < 4.78 is 5.64. The fourth-order valence-corrected chi connectivity index (χ4v) is 1.30. The highest BCUT2D eigenvalue weighted by Gasteiger charge is 2.02. The summed E-state index contributed by atoms with van der Waals surface area (Å²) in [6.45, 7) is 1.99. The number of nitrogens with zero attached hydrogens (tertiary/aromatic N) is 2. The van der Waals surface area contributed by atoms with Gasteiger partial charge in [-0.2, -0.15) is 4.98 Å². The SMILES string of the molecule is CNc1cncc(Oc2ccccc2C)n1. The summed E-state index contributed by atoms with van der Waals surface area (Å²) in [5, 5.41) is 2.91. The monoisotopic (exact) mass is 215 g/mol. The molecule has 0 aliphatic carbocycles. The zero-order valence-corrected chi connectivity index (χ0v) is 9.27.